The first-order chi connectivity index (χ1) is 17.8. The van der Waals surface area contributed by atoms with Crippen molar-refractivity contribution in [3.05, 3.63) is 45.9 Å². The molecule has 0 spiro atoms. The van der Waals surface area contributed by atoms with Crippen molar-refractivity contribution in [2.75, 3.05) is 52.8 Å². The number of anilines is 1. The molecule has 202 valence electrons. The van der Waals surface area contributed by atoms with Crippen LogP contribution in [0.5, 0.6) is 17.2 Å². The Morgan fingerprint density at radius 2 is 1.59 bits per heavy atom. The molecule has 1 aliphatic heterocycles. The number of benzene rings is 2. The number of halogens is 2. The molecule has 37 heavy (non-hydrogen) atoms. The molecule has 10 heteroatoms. The Kier molecular flexibility index (Phi) is 10.7. The van der Waals surface area contributed by atoms with Gasteiger partial charge in [-0.2, -0.15) is 0 Å². The van der Waals surface area contributed by atoms with Crippen LogP contribution in [-0.4, -0.2) is 64.2 Å². The van der Waals surface area contributed by atoms with Gasteiger partial charge in [0.15, 0.2) is 17.3 Å². The zero-order valence-corrected chi connectivity index (χ0v) is 23.2. The van der Waals surface area contributed by atoms with Gasteiger partial charge < -0.3 is 29.7 Å². The molecule has 2 amide bonds. The normalized spacial score (nSPS) is 15.4. The summed E-state index contributed by atoms with van der Waals surface area (Å²) in [5, 5.41) is 6.45. The fourth-order valence-corrected chi connectivity index (χ4v) is 4.83. The van der Waals surface area contributed by atoms with Crippen LogP contribution < -0.4 is 24.8 Å². The van der Waals surface area contributed by atoms with Gasteiger partial charge in [0.25, 0.3) is 0 Å². The Morgan fingerprint density at radius 1 is 0.946 bits per heavy atom. The minimum atomic E-state index is -0.403. The van der Waals surface area contributed by atoms with E-state index in [4.69, 9.17) is 37.4 Å². The fraction of sp³-hybridized carbons (Fsp3) is 0.481. The lowest BCUT2D eigenvalue weighted by molar-refractivity contribution is 0.0807. The summed E-state index contributed by atoms with van der Waals surface area (Å²) >= 11 is 12.3. The van der Waals surface area contributed by atoms with E-state index in [0.717, 1.165) is 25.9 Å². The topological polar surface area (TPSA) is 89.1 Å². The van der Waals surface area contributed by atoms with Crippen molar-refractivity contribution in [3.8, 4) is 17.2 Å². The predicted molar refractivity (Wildman–Crippen MR) is 147 cm³/mol. The van der Waals surface area contributed by atoms with Crippen molar-refractivity contribution in [1.82, 2.24) is 10.2 Å². The number of hydrogen-bond donors (Lipinski definition) is 2. The first kappa shape index (κ1) is 28.9. The number of ketones is 1. The lowest BCUT2D eigenvalue weighted by Gasteiger charge is -2.32. The smallest absolute Gasteiger partial charge is 0.319 e. The molecule has 0 bridgehead atoms. The summed E-state index contributed by atoms with van der Waals surface area (Å²) in [6.07, 6.45) is 3.45. The average Bonchev–Trinajstić information content (AvgIpc) is 2.91. The number of amides is 2. The second-order valence-electron chi connectivity index (χ2n) is 9.19. The third-order valence-corrected chi connectivity index (χ3v) is 7.38. The van der Waals surface area contributed by atoms with Crippen molar-refractivity contribution in [3.63, 3.8) is 0 Å². The van der Waals surface area contributed by atoms with Crippen LogP contribution in [0.1, 0.15) is 36.5 Å². The molecule has 2 aromatic rings. The third kappa shape index (κ3) is 7.66. The van der Waals surface area contributed by atoms with Gasteiger partial charge in [0, 0.05) is 36.7 Å². The van der Waals surface area contributed by atoms with Gasteiger partial charge >= 0.3 is 6.03 Å². The molecule has 1 fully saturated rings. The standard InChI is InChI=1S/C27H35Cl2N3O5/c1-17(15-30-27(34)31-19-13-23(35-2)26(37-4)24(14-19)36-3)20(16-32-10-6-5-7-11-32)25(33)18-8-9-21(28)22(29)12-18/h8-9,12-14,17,20H,5-7,10-11,15-16H2,1-4H3,(H2,30,31,34). The Balaban J connectivity index is 1.70. The average molecular weight is 552 g/mol. The molecule has 0 aliphatic carbocycles. The maximum absolute atomic E-state index is 13.6. The van der Waals surface area contributed by atoms with Gasteiger partial charge in [-0.1, -0.05) is 36.5 Å². The van der Waals surface area contributed by atoms with E-state index in [2.05, 4.69) is 15.5 Å². The molecule has 1 saturated heterocycles. The van der Waals surface area contributed by atoms with Gasteiger partial charge in [-0.3, -0.25) is 4.79 Å². The van der Waals surface area contributed by atoms with Crippen molar-refractivity contribution in [2.45, 2.75) is 26.2 Å². The molecule has 2 atom stereocenters. The number of nitrogens with zero attached hydrogens (tertiary/aromatic N) is 1. The molecule has 3 rings (SSSR count). The highest BCUT2D eigenvalue weighted by atomic mass is 35.5. The number of ether oxygens (including phenoxy) is 3. The van der Waals surface area contributed by atoms with E-state index < -0.39 is 6.03 Å². The number of methoxy groups -OCH3 is 3. The molecule has 2 N–H and O–H groups in total. The Morgan fingerprint density at radius 3 is 2.16 bits per heavy atom. The molecule has 2 unspecified atom stereocenters. The summed E-state index contributed by atoms with van der Waals surface area (Å²) in [6.45, 7) is 4.84. The number of urea groups is 1. The Labute approximate surface area is 228 Å². The van der Waals surface area contributed by atoms with Gasteiger partial charge in [0.2, 0.25) is 5.75 Å². The molecular weight excluding hydrogens is 517 g/mol. The predicted octanol–water partition coefficient (Wildman–Crippen LogP) is 5.76. The summed E-state index contributed by atoms with van der Waals surface area (Å²) in [6, 6.07) is 7.86. The van der Waals surface area contributed by atoms with Crippen LogP contribution in [0.4, 0.5) is 10.5 Å². The summed E-state index contributed by atoms with van der Waals surface area (Å²) in [4.78, 5) is 28.6. The van der Waals surface area contributed by atoms with Gasteiger partial charge in [-0.15, -0.1) is 0 Å². The Bertz CT molecular complexity index is 1070. The molecule has 1 aliphatic rings. The van der Waals surface area contributed by atoms with Crippen molar-refractivity contribution in [1.29, 1.82) is 0 Å². The number of rotatable bonds is 11. The molecule has 8 nitrogen and oxygen atoms in total. The van der Waals surface area contributed by atoms with E-state index in [1.165, 1.54) is 27.8 Å². The highest BCUT2D eigenvalue weighted by Crippen LogP contribution is 2.40. The largest absolute Gasteiger partial charge is 0.493 e. The van der Waals surface area contributed by atoms with Gasteiger partial charge in [-0.05, 0) is 50.0 Å². The summed E-state index contributed by atoms with van der Waals surface area (Å²) in [7, 11) is 4.54. The zero-order valence-electron chi connectivity index (χ0n) is 21.7. The van der Waals surface area contributed by atoms with Gasteiger partial charge in [0.05, 0.1) is 37.1 Å². The minimum absolute atomic E-state index is 0.0107. The number of nitrogens with one attached hydrogen (secondary N) is 2. The first-order valence-corrected chi connectivity index (χ1v) is 13.1. The summed E-state index contributed by atoms with van der Waals surface area (Å²) in [5.41, 5.74) is 1.00. The summed E-state index contributed by atoms with van der Waals surface area (Å²) < 4.78 is 16.0. The molecule has 2 aromatic carbocycles. The molecule has 0 aromatic heterocycles. The quantitative estimate of drug-likeness (QED) is 0.345. The van der Waals surface area contributed by atoms with Gasteiger partial charge in [-0.25, -0.2) is 4.79 Å². The van der Waals surface area contributed by atoms with E-state index in [-0.39, 0.29) is 17.6 Å². The lowest BCUT2D eigenvalue weighted by Crippen LogP contribution is -2.43. The zero-order chi connectivity index (χ0) is 26.9. The van der Waals surface area contributed by atoms with E-state index in [0.29, 0.717) is 51.6 Å². The van der Waals surface area contributed by atoms with Crippen LogP contribution in [-0.2, 0) is 0 Å². The summed E-state index contributed by atoms with van der Waals surface area (Å²) in [5.74, 6) is 0.833. The van der Waals surface area contributed by atoms with Crippen molar-refractivity contribution >= 4 is 40.7 Å². The molecule has 0 saturated carbocycles. The van der Waals surface area contributed by atoms with Crippen LogP contribution in [0.25, 0.3) is 0 Å². The highest BCUT2D eigenvalue weighted by Gasteiger charge is 2.29. The number of likely N-dealkylation sites (tertiary alicyclic amines) is 1. The maximum Gasteiger partial charge on any atom is 0.319 e. The van der Waals surface area contributed by atoms with Crippen LogP contribution >= 0.6 is 23.2 Å². The number of hydrogen-bond acceptors (Lipinski definition) is 6. The van der Waals surface area contributed by atoms with E-state index in [1.807, 2.05) is 6.92 Å². The Hall–Kier alpha value is -2.68. The highest BCUT2D eigenvalue weighted by molar-refractivity contribution is 6.42. The number of Topliss-reactive ketones (excluding diaryl/α,β-unsaturated/α-hetero) is 1. The number of carbonyl (C=O) groups excluding carboxylic acids is 2. The van der Waals surface area contributed by atoms with E-state index in [1.54, 1.807) is 30.3 Å². The van der Waals surface area contributed by atoms with Crippen molar-refractivity contribution < 1.29 is 23.8 Å². The second kappa shape index (κ2) is 13.7. The first-order valence-electron chi connectivity index (χ1n) is 12.3. The molecule has 1 heterocycles. The molecular formula is C27H35Cl2N3O5. The van der Waals surface area contributed by atoms with Gasteiger partial charge in [0.1, 0.15) is 0 Å². The van der Waals surface area contributed by atoms with Crippen LogP contribution in [0.15, 0.2) is 30.3 Å². The lowest BCUT2D eigenvalue weighted by atomic mass is 9.85. The molecule has 0 radical (unpaired) electrons. The fourth-order valence-electron chi connectivity index (χ4n) is 4.53. The third-order valence-electron chi connectivity index (χ3n) is 6.64. The maximum atomic E-state index is 13.6. The van der Waals surface area contributed by atoms with Crippen LogP contribution in [0, 0.1) is 11.8 Å². The number of carbonyl (C=O) groups is 2. The number of piperidine rings is 1. The van der Waals surface area contributed by atoms with Crippen LogP contribution in [0.3, 0.4) is 0 Å². The monoisotopic (exact) mass is 551 g/mol. The van der Waals surface area contributed by atoms with Crippen molar-refractivity contribution in [2.24, 2.45) is 11.8 Å². The van der Waals surface area contributed by atoms with E-state index in [9.17, 15) is 9.59 Å². The SMILES string of the molecule is COc1cc(NC(=O)NCC(C)C(CN2CCCCC2)C(=O)c2ccc(Cl)c(Cl)c2)cc(OC)c1OC. The second-order valence-corrected chi connectivity index (χ2v) is 10.0. The minimum Gasteiger partial charge on any atom is -0.493 e. The van der Waals surface area contributed by atoms with Crippen LogP contribution in [0.2, 0.25) is 10.0 Å². The van der Waals surface area contributed by atoms with E-state index >= 15 is 0 Å².